The maximum absolute atomic E-state index is 13.4. The lowest BCUT2D eigenvalue weighted by Crippen LogP contribution is -2.37. The molecule has 2 aliphatic carbocycles. The van der Waals surface area contributed by atoms with Gasteiger partial charge in [-0.2, -0.15) is 0 Å². The van der Waals surface area contributed by atoms with Crippen molar-refractivity contribution in [2.75, 3.05) is 13.2 Å². The third-order valence-corrected chi connectivity index (χ3v) is 6.48. The summed E-state index contributed by atoms with van der Waals surface area (Å²) in [4.78, 5) is 13.4. The minimum Gasteiger partial charge on any atom is -0.490 e. The van der Waals surface area contributed by atoms with Crippen LogP contribution in [0.1, 0.15) is 41.8 Å². The minimum absolute atomic E-state index is 0.0520. The molecule has 162 valence electrons. The Labute approximate surface area is 189 Å². The van der Waals surface area contributed by atoms with E-state index in [-0.39, 0.29) is 11.7 Å². The average molecular weight is 425 g/mol. The summed E-state index contributed by atoms with van der Waals surface area (Å²) in [5, 5.41) is 2.63. The van der Waals surface area contributed by atoms with Gasteiger partial charge in [0.05, 0.1) is 13.2 Å². The summed E-state index contributed by atoms with van der Waals surface area (Å²) in [5.41, 5.74) is 5.97. The quantitative estimate of drug-likeness (QED) is 0.538. The third kappa shape index (κ3) is 3.62. The van der Waals surface area contributed by atoms with Crippen LogP contribution in [0.5, 0.6) is 11.5 Å². The molecule has 3 aromatic carbocycles. The summed E-state index contributed by atoms with van der Waals surface area (Å²) >= 11 is 0. The molecule has 0 spiro atoms. The lowest BCUT2D eigenvalue weighted by atomic mass is 9.81. The van der Waals surface area contributed by atoms with Crippen molar-refractivity contribution in [1.82, 2.24) is 0 Å². The second-order valence-corrected chi connectivity index (χ2v) is 8.40. The molecule has 0 aliphatic heterocycles. The minimum atomic E-state index is -0.0520. The van der Waals surface area contributed by atoms with Crippen molar-refractivity contribution < 1.29 is 14.3 Å². The summed E-state index contributed by atoms with van der Waals surface area (Å²) in [6.07, 6.45) is 7.10. The Morgan fingerprint density at radius 1 is 0.844 bits per heavy atom. The highest BCUT2D eigenvalue weighted by atomic mass is 16.5. The number of Topliss-reactive ketones (excluding diaryl/α,β-unsaturated/α-hetero) is 1. The van der Waals surface area contributed by atoms with Crippen LogP contribution in [0, 0.1) is 5.92 Å². The van der Waals surface area contributed by atoms with Crippen LogP contribution in [-0.2, 0) is 12.8 Å². The first-order valence-corrected chi connectivity index (χ1v) is 11.5. The Kier molecular flexibility index (Phi) is 5.57. The highest BCUT2D eigenvalue weighted by Gasteiger charge is 2.25. The zero-order chi connectivity index (χ0) is 22.1. The number of carbonyl (C=O) groups excluding carboxylic acids is 1. The normalized spacial score (nSPS) is 16.0. The Morgan fingerprint density at radius 2 is 1.66 bits per heavy atom. The molecule has 0 bridgehead atoms. The first-order chi connectivity index (χ1) is 15.7. The first kappa shape index (κ1) is 20.6. The van der Waals surface area contributed by atoms with Gasteiger partial charge in [-0.05, 0) is 84.0 Å². The molecule has 0 radical (unpaired) electrons. The molecule has 0 saturated carbocycles. The van der Waals surface area contributed by atoms with Gasteiger partial charge >= 0.3 is 0 Å². The van der Waals surface area contributed by atoms with E-state index >= 15 is 0 Å². The zero-order valence-corrected chi connectivity index (χ0v) is 18.7. The van der Waals surface area contributed by atoms with Gasteiger partial charge in [-0.1, -0.05) is 48.6 Å². The van der Waals surface area contributed by atoms with Gasteiger partial charge in [-0.25, -0.2) is 0 Å². The van der Waals surface area contributed by atoms with Gasteiger partial charge < -0.3 is 9.47 Å². The van der Waals surface area contributed by atoms with E-state index in [0.717, 1.165) is 19.3 Å². The fraction of sp³-hybridized carbons (Fsp3) is 0.276. The molecule has 3 aromatic rings. The monoisotopic (exact) mass is 424 g/mol. The lowest BCUT2D eigenvalue weighted by Gasteiger charge is -2.22. The molecule has 0 heterocycles. The number of rotatable bonds is 6. The van der Waals surface area contributed by atoms with Crippen molar-refractivity contribution in [2.45, 2.75) is 33.1 Å². The van der Waals surface area contributed by atoms with Gasteiger partial charge in [0.15, 0.2) is 17.3 Å². The molecule has 1 unspecified atom stereocenters. The average Bonchev–Trinajstić information content (AvgIpc) is 2.84. The second kappa shape index (κ2) is 8.66. The van der Waals surface area contributed by atoms with Crippen LogP contribution in [0.25, 0.3) is 23.3 Å². The highest BCUT2D eigenvalue weighted by Crippen LogP contribution is 2.31. The van der Waals surface area contributed by atoms with Crippen LogP contribution >= 0.6 is 0 Å². The molecule has 0 aromatic heterocycles. The summed E-state index contributed by atoms with van der Waals surface area (Å²) < 4.78 is 11.4. The van der Waals surface area contributed by atoms with Gasteiger partial charge in [0, 0.05) is 11.5 Å². The number of hydrogen-bond acceptors (Lipinski definition) is 3. The van der Waals surface area contributed by atoms with Crippen molar-refractivity contribution in [3.05, 3.63) is 81.7 Å². The van der Waals surface area contributed by atoms with Crippen LogP contribution in [0.2, 0.25) is 0 Å². The van der Waals surface area contributed by atoms with Crippen molar-refractivity contribution in [1.29, 1.82) is 0 Å². The molecule has 3 heteroatoms. The van der Waals surface area contributed by atoms with Crippen LogP contribution in [-0.4, -0.2) is 19.0 Å². The molecule has 3 nitrogen and oxygen atoms in total. The number of benzene rings is 3. The van der Waals surface area contributed by atoms with E-state index < -0.39 is 0 Å². The van der Waals surface area contributed by atoms with E-state index in [2.05, 4.69) is 48.6 Å². The van der Waals surface area contributed by atoms with Crippen LogP contribution < -0.4 is 19.9 Å². The maximum Gasteiger partial charge on any atom is 0.166 e. The zero-order valence-electron chi connectivity index (χ0n) is 18.7. The molecule has 0 N–H and O–H groups in total. The van der Waals surface area contributed by atoms with E-state index in [1.165, 1.54) is 32.7 Å². The summed E-state index contributed by atoms with van der Waals surface area (Å²) in [7, 11) is 0. The van der Waals surface area contributed by atoms with E-state index in [4.69, 9.17) is 9.47 Å². The topological polar surface area (TPSA) is 35.5 Å². The highest BCUT2D eigenvalue weighted by molar-refractivity contribution is 5.99. The first-order valence-electron chi connectivity index (χ1n) is 11.5. The van der Waals surface area contributed by atoms with Gasteiger partial charge in [-0.3, -0.25) is 4.79 Å². The van der Waals surface area contributed by atoms with E-state index in [9.17, 15) is 4.79 Å². The number of fused-ring (bicyclic) bond motifs is 5. The van der Waals surface area contributed by atoms with E-state index in [1.807, 2.05) is 32.0 Å². The predicted molar refractivity (Wildman–Crippen MR) is 129 cm³/mol. The number of ketones is 1. The number of ether oxygens (including phenoxy) is 2. The molecule has 1 atom stereocenters. The number of hydrogen-bond donors (Lipinski definition) is 0. The van der Waals surface area contributed by atoms with Gasteiger partial charge in [0.2, 0.25) is 0 Å². The SMILES string of the molecule is CCOc1ccc(C(=O)C2CC=c3c(ccc4c3=CCc3ccccc3-4)C2)cc1OCC. The summed E-state index contributed by atoms with van der Waals surface area (Å²) in [6.45, 7) is 4.98. The molecule has 0 saturated heterocycles. The second-order valence-electron chi connectivity index (χ2n) is 8.40. The van der Waals surface area contributed by atoms with Crippen molar-refractivity contribution >= 4 is 17.9 Å². The third-order valence-electron chi connectivity index (χ3n) is 6.48. The van der Waals surface area contributed by atoms with E-state index in [1.54, 1.807) is 0 Å². The smallest absolute Gasteiger partial charge is 0.166 e. The van der Waals surface area contributed by atoms with Gasteiger partial charge in [-0.15, -0.1) is 0 Å². The van der Waals surface area contributed by atoms with E-state index in [0.29, 0.717) is 30.3 Å². The van der Waals surface area contributed by atoms with Crippen molar-refractivity contribution in [3.8, 4) is 22.6 Å². The lowest BCUT2D eigenvalue weighted by molar-refractivity contribution is 0.0920. The molecule has 32 heavy (non-hydrogen) atoms. The Balaban J connectivity index is 1.45. The Bertz CT molecular complexity index is 1300. The molecule has 5 rings (SSSR count). The molecular weight excluding hydrogens is 396 g/mol. The fourth-order valence-electron chi connectivity index (χ4n) is 4.98. The Morgan fingerprint density at radius 3 is 2.50 bits per heavy atom. The maximum atomic E-state index is 13.4. The Hall–Kier alpha value is -3.33. The largest absolute Gasteiger partial charge is 0.490 e. The predicted octanol–water partition coefficient (Wildman–Crippen LogP) is 4.71. The van der Waals surface area contributed by atoms with Crippen LogP contribution in [0.4, 0.5) is 0 Å². The van der Waals surface area contributed by atoms with Crippen LogP contribution in [0.3, 0.4) is 0 Å². The van der Waals surface area contributed by atoms with Crippen LogP contribution in [0.15, 0.2) is 54.6 Å². The summed E-state index contributed by atoms with van der Waals surface area (Å²) in [6, 6.07) is 18.6. The fourth-order valence-corrected chi connectivity index (χ4v) is 4.98. The number of carbonyl (C=O) groups is 1. The van der Waals surface area contributed by atoms with Crippen molar-refractivity contribution in [2.24, 2.45) is 5.92 Å². The molecule has 0 fully saturated rings. The molecule has 2 aliphatic rings. The standard InChI is InChI=1S/C29H28O3/c1-3-31-27-16-12-22(18-28(27)32-4-2)29(30)21-11-13-24-20(17-21)10-15-25-23-8-6-5-7-19(23)9-14-26(24)25/h5-8,10,12-16,18,21H,3-4,9,11,17H2,1-2H3. The van der Waals surface area contributed by atoms with Gasteiger partial charge in [0.25, 0.3) is 0 Å². The molecule has 0 amide bonds. The van der Waals surface area contributed by atoms with Crippen molar-refractivity contribution in [3.63, 3.8) is 0 Å². The molecular formula is C29H28O3. The summed E-state index contributed by atoms with van der Waals surface area (Å²) in [5.74, 6) is 1.45. The van der Waals surface area contributed by atoms with Gasteiger partial charge in [0.1, 0.15) is 0 Å².